The molecule has 1 nitrogen and oxygen atoms in total. The molecule has 2 atom stereocenters. The third kappa shape index (κ3) is 3.42. The summed E-state index contributed by atoms with van der Waals surface area (Å²) in [6.45, 7) is 2.15. The van der Waals surface area contributed by atoms with Crippen molar-refractivity contribution in [1.29, 1.82) is 0 Å². The maximum Gasteiger partial charge on any atom is 0.194 e. The molecule has 122 valence electrons. The molecule has 0 spiro atoms. The molecule has 2 aromatic rings. The highest BCUT2D eigenvalue weighted by molar-refractivity contribution is 5.64. The van der Waals surface area contributed by atoms with Crippen LogP contribution in [0, 0.1) is 17.5 Å². The van der Waals surface area contributed by atoms with Crippen LogP contribution >= 0.6 is 0 Å². The Balaban J connectivity index is 1.78. The molecule has 23 heavy (non-hydrogen) atoms. The standard InChI is InChI=1S/C19H19F3O/c1-2-3-15-8-9-18(23-15)13-6-4-12(5-7-13)14-10-16(20)19(22)17(21)11-14/h4-7,10-11,15,18H,2-3,8-9H2,1H3. The molecule has 1 aliphatic heterocycles. The van der Waals surface area contributed by atoms with Crippen molar-refractivity contribution in [3.8, 4) is 11.1 Å². The highest BCUT2D eigenvalue weighted by Crippen LogP contribution is 2.35. The van der Waals surface area contributed by atoms with E-state index in [1.54, 1.807) is 12.1 Å². The van der Waals surface area contributed by atoms with Crippen LogP contribution in [0.5, 0.6) is 0 Å². The van der Waals surface area contributed by atoms with Crippen LogP contribution in [0.1, 0.15) is 44.3 Å². The molecule has 0 saturated carbocycles. The minimum Gasteiger partial charge on any atom is -0.370 e. The second-order valence-corrected chi connectivity index (χ2v) is 5.99. The van der Waals surface area contributed by atoms with E-state index in [1.807, 2.05) is 12.1 Å². The normalized spacial score (nSPS) is 20.9. The lowest BCUT2D eigenvalue weighted by atomic mass is 10.00. The Morgan fingerprint density at radius 2 is 1.61 bits per heavy atom. The molecule has 2 unspecified atom stereocenters. The molecule has 0 N–H and O–H groups in total. The van der Waals surface area contributed by atoms with Gasteiger partial charge in [0.2, 0.25) is 0 Å². The summed E-state index contributed by atoms with van der Waals surface area (Å²) < 4.78 is 45.7. The summed E-state index contributed by atoms with van der Waals surface area (Å²) in [7, 11) is 0. The molecular formula is C19H19F3O. The summed E-state index contributed by atoms with van der Waals surface area (Å²) in [4.78, 5) is 0. The van der Waals surface area contributed by atoms with Crippen LogP contribution in [0.3, 0.4) is 0 Å². The van der Waals surface area contributed by atoms with E-state index in [1.165, 1.54) is 0 Å². The number of ether oxygens (including phenoxy) is 1. The number of hydrogen-bond acceptors (Lipinski definition) is 1. The molecule has 0 radical (unpaired) electrons. The summed E-state index contributed by atoms with van der Waals surface area (Å²) in [6, 6.07) is 9.42. The summed E-state index contributed by atoms with van der Waals surface area (Å²) in [5.41, 5.74) is 2.04. The van der Waals surface area contributed by atoms with Gasteiger partial charge >= 0.3 is 0 Å². The summed E-state index contributed by atoms with van der Waals surface area (Å²) in [6.07, 6.45) is 4.64. The molecule has 3 rings (SSSR count). The zero-order valence-corrected chi connectivity index (χ0v) is 13.0. The van der Waals surface area contributed by atoms with E-state index in [2.05, 4.69) is 6.92 Å². The lowest BCUT2D eigenvalue weighted by Crippen LogP contribution is -2.05. The molecule has 0 aromatic heterocycles. The topological polar surface area (TPSA) is 9.23 Å². The van der Waals surface area contributed by atoms with Crippen molar-refractivity contribution in [3.63, 3.8) is 0 Å². The fourth-order valence-corrected chi connectivity index (χ4v) is 3.10. The fourth-order valence-electron chi connectivity index (χ4n) is 3.10. The first-order valence-electron chi connectivity index (χ1n) is 7.98. The monoisotopic (exact) mass is 320 g/mol. The minimum atomic E-state index is -1.44. The van der Waals surface area contributed by atoms with Gasteiger partial charge in [0.1, 0.15) is 0 Å². The van der Waals surface area contributed by atoms with Gasteiger partial charge in [0.05, 0.1) is 12.2 Å². The molecular weight excluding hydrogens is 301 g/mol. The number of hydrogen-bond donors (Lipinski definition) is 0. The van der Waals surface area contributed by atoms with Gasteiger partial charge in [-0.2, -0.15) is 0 Å². The van der Waals surface area contributed by atoms with E-state index < -0.39 is 17.5 Å². The highest BCUT2D eigenvalue weighted by Gasteiger charge is 2.25. The number of rotatable bonds is 4. The fraction of sp³-hybridized carbons (Fsp3) is 0.368. The van der Waals surface area contributed by atoms with Crippen LogP contribution in [0.2, 0.25) is 0 Å². The van der Waals surface area contributed by atoms with Crippen molar-refractivity contribution < 1.29 is 17.9 Å². The average Bonchev–Trinajstić information content (AvgIpc) is 3.01. The molecule has 2 aromatic carbocycles. The van der Waals surface area contributed by atoms with E-state index in [0.29, 0.717) is 17.2 Å². The van der Waals surface area contributed by atoms with E-state index in [0.717, 1.165) is 43.4 Å². The van der Waals surface area contributed by atoms with Crippen molar-refractivity contribution >= 4 is 0 Å². The van der Waals surface area contributed by atoms with Gasteiger partial charge in [0, 0.05) is 0 Å². The molecule has 1 fully saturated rings. The van der Waals surface area contributed by atoms with Crippen LogP contribution in [0.4, 0.5) is 13.2 Å². The van der Waals surface area contributed by atoms with Crippen LogP contribution in [0.15, 0.2) is 36.4 Å². The van der Waals surface area contributed by atoms with E-state index in [9.17, 15) is 13.2 Å². The van der Waals surface area contributed by atoms with Gasteiger partial charge in [-0.1, -0.05) is 37.6 Å². The van der Waals surface area contributed by atoms with Crippen LogP contribution in [-0.4, -0.2) is 6.10 Å². The molecule has 0 amide bonds. The van der Waals surface area contributed by atoms with Crippen molar-refractivity contribution in [2.75, 3.05) is 0 Å². The van der Waals surface area contributed by atoms with Crippen LogP contribution < -0.4 is 0 Å². The Morgan fingerprint density at radius 1 is 0.957 bits per heavy atom. The summed E-state index contributed by atoms with van der Waals surface area (Å²) in [5.74, 6) is -3.79. The van der Waals surface area contributed by atoms with E-state index in [4.69, 9.17) is 4.74 Å². The van der Waals surface area contributed by atoms with Crippen LogP contribution in [0.25, 0.3) is 11.1 Å². The summed E-state index contributed by atoms with van der Waals surface area (Å²) >= 11 is 0. The largest absolute Gasteiger partial charge is 0.370 e. The lowest BCUT2D eigenvalue weighted by molar-refractivity contribution is 0.0397. The van der Waals surface area contributed by atoms with E-state index in [-0.39, 0.29) is 6.10 Å². The first kappa shape index (κ1) is 16.1. The first-order chi connectivity index (χ1) is 11.1. The average molecular weight is 320 g/mol. The Hall–Kier alpha value is -1.81. The first-order valence-corrected chi connectivity index (χ1v) is 7.98. The molecule has 1 aliphatic rings. The quantitative estimate of drug-likeness (QED) is 0.648. The van der Waals surface area contributed by atoms with E-state index >= 15 is 0 Å². The number of halogens is 3. The molecule has 1 heterocycles. The zero-order valence-electron chi connectivity index (χ0n) is 13.0. The predicted molar refractivity (Wildman–Crippen MR) is 83.5 cm³/mol. The zero-order chi connectivity index (χ0) is 16.4. The maximum atomic E-state index is 13.3. The third-order valence-corrected chi connectivity index (χ3v) is 4.32. The SMILES string of the molecule is CCCC1CCC(c2ccc(-c3cc(F)c(F)c(F)c3)cc2)O1. The number of benzene rings is 2. The molecule has 4 heteroatoms. The lowest BCUT2D eigenvalue weighted by Gasteiger charge is -2.14. The Bertz CT molecular complexity index is 659. The molecule has 0 aliphatic carbocycles. The van der Waals surface area contributed by atoms with Gasteiger partial charge in [0.15, 0.2) is 17.5 Å². The van der Waals surface area contributed by atoms with Crippen molar-refractivity contribution in [2.45, 2.75) is 44.8 Å². The Kier molecular flexibility index (Phi) is 4.71. The second-order valence-electron chi connectivity index (χ2n) is 5.99. The maximum absolute atomic E-state index is 13.3. The predicted octanol–water partition coefficient (Wildman–Crippen LogP) is 5.79. The Morgan fingerprint density at radius 3 is 2.22 bits per heavy atom. The third-order valence-electron chi connectivity index (χ3n) is 4.32. The van der Waals surface area contributed by atoms with Crippen LogP contribution in [-0.2, 0) is 4.74 Å². The van der Waals surface area contributed by atoms with Gasteiger partial charge < -0.3 is 4.74 Å². The van der Waals surface area contributed by atoms with Gasteiger partial charge in [-0.05, 0) is 48.1 Å². The second kappa shape index (κ2) is 6.75. The van der Waals surface area contributed by atoms with Gasteiger partial charge in [0.25, 0.3) is 0 Å². The van der Waals surface area contributed by atoms with Crippen molar-refractivity contribution in [1.82, 2.24) is 0 Å². The Labute approximate surface area is 134 Å². The van der Waals surface area contributed by atoms with Crippen molar-refractivity contribution in [3.05, 3.63) is 59.4 Å². The van der Waals surface area contributed by atoms with Gasteiger partial charge in [-0.25, -0.2) is 13.2 Å². The summed E-state index contributed by atoms with van der Waals surface area (Å²) in [5, 5.41) is 0. The highest BCUT2D eigenvalue weighted by atomic mass is 19.2. The molecule has 1 saturated heterocycles. The van der Waals surface area contributed by atoms with Gasteiger partial charge in [-0.3, -0.25) is 0 Å². The minimum absolute atomic E-state index is 0.0855. The van der Waals surface area contributed by atoms with Gasteiger partial charge in [-0.15, -0.1) is 0 Å². The van der Waals surface area contributed by atoms with Crippen molar-refractivity contribution in [2.24, 2.45) is 0 Å². The smallest absolute Gasteiger partial charge is 0.194 e. The molecule has 0 bridgehead atoms.